The summed E-state index contributed by atoms with van der Waals surface area (Å²) in [5, 5.41) is 3.05. The van der Waals surface area contributed by atoms with Gasteiger partial charge in [-0.15, -0.1) is 0 Å². The van der Waals surface area contributed by atoms with Gasteiger partial charge in [-0.25, -0.2) is 9.97 Å². The number of primary amides is 1. The molecule has 0 radical (unpaired) electrons. The van der Waals surface area contributed by atoms with E-state index < -0.39 is 5.91 Å². The first-order valence-corrected chi connectivity index (χ1v) is 9.78. The monoisotopic (exact) mass is 409 g/mol. The first-order valence-electron chi connectivity index (χ1n) is 9.78. The quantitative estimate of drug-likeness (QED) is 0.642. The highest BCUT2D eigenvalue weighted by atomic mass is 16.5. The molecular weight excluding hydrogens is 386 g/mol. The number of nitrogens with two attached hydrogens (primary N) is 1. The van der Waals surface area contributed by atoms with E-state index in [9.17, 15) is 9.59 Å². The number of amides is 2. The summed E-state index contributed by atoms with van der Waals surface area (Å²) >= 11 is 0. The smallest absolute Gasteiger partial charge is 0.271 e. The molecule has 0 aliphatic heterocycles. The summed E-state index contributed by atoms with van der Waals surface area (Å²) in [6.45, 7) is 0. The van der Waals surface area contributed by atoms with Gasteiger partial charge in [0, 0.05) is 18.4 Å². The number of pyridine rings is 2. The van der Waals surface area contributed by atoms with Crippen molar-refractivity contribution in [1.82, 2.24) is 19.7 Å². The SMILES string of the molecule is COc1ccc2nc(C(=O)N[C@H]3CC[C@H](Oc4ncccc4C(N)=O)CC3)cn2c1. The minimum Gasteiger partial charge on any atom is -0.495 e. The number of hydrogen-bond donors (Lipinski definition) is 2. The summed E-state index contributed by atoms with van der Waals surface area (Å²) in [6, 6.07) is 6.89. The summed E-state index contributed by atoms with van der Waals surface area (Å²) in [6.07, 6.45) is 7.96. The number of hydrogen-bond acceptors (Lipinski definition) is 6. The lowest BCUT2D eigenvalue weighted by Gasteiger charge is -2.29. The Morgan fingerprint density at radius 1 is 1.17 bits per heavy atom. The van der Waals surface area contributed by atoms with Crippen LogP contribution in [0.15, 0.2) is 42.9 Å². The molecule has 1 saturated carbocycles. The van der Waals surface area contributed by atoms with Gasteiger partial charge in [0.05, 0.1) is 13.3 Å². The van der Waals surface area contributed by atoms with Crippen LogP contribution in [0.5, 0.6) is 11.6 Å². The minimum absolute atomic E-state index is 0.0380. The number of methoxy groups -OCH3 is 1. The maximum Gasteiger partial charge on any atom is 0.271 e. The zero-order valence-corrected chi connectivity index (χ0v) is 16.6. The Morgan fingerprint density at radius 3 is 2.70 bits per heavy atom. The number of nitrogens with one attached hydrogen (secondary N) is 1. The third-order valence-corrected chi connectivity index (χ3v) is 5.22. The molecule has 3 aromatic rings. The maximum absolute atomic E-state index is 12.6. The molecule has 156 valence electrons. The molecule has 1 aliphatic rings. The molecule has 3 heterocycles. The second-order valence-electron chi connectivity index (χ2n) is 7.25. The molecule has 1 fully saturated rings. The van der Waals surface area contributed by atoms with E-state index >= 15 is 0 Å². The summed E-state index contributed by atoms with van der Waals surface area (Å²) in [5.74, 6) is 0.182. The van der Waals surface area contributed by atoms with Crippen LogP contribution in [-0.2, 0) is 0 Å². The molecule has 0 saturated heterocycles. The van der Waals surface area contributed by atoms with Crippen LogP contribution in [0, 0.1) is 0 Å². The first kappa shape index (κ1) is 19.7. The van der Waals surface area contributed by atoms with Crippen LogP contribution in [0.3, 0.4) is 0 Å². The van der Waals surface area contributed by atoms with Crippen LogP contribution in [-0.4, -0.2) is 45.4 Å². The molecule has 9 heteroatoms. The molecule has 9 nitrogen and oxygen atoms in total. The molecule has 1 aliphatic carbocycles. The number of fused-ring (bicyclic) bond motifs is 1. The topological polar surface area (TPSA) is 121 Å². The predicted octanol–water partition coefficient (Wildman–Crippen LogP) is 1.96. The largest absolute Gasteiger partial charge is 0.495 e. The first-order chi connectivity index (χ1) is 14.5. The van der Waals surface area contributed by atoms with Gasteiger partial charge >= 0.3 is 0 Å². The number of rotatable bonds is 6. The lowest BCUT2D eigenvalue weighted by atomic mass is 9.93. The highest BCUT2D eigenvalue weighted by Gasteiger charge is 2.26. The van der Waals surface area contributed by atoms with Crippen molar-refractivity contribution in [3.63, 3.8) is 0 Å². The van der Waals surface area contributed by atoms with E-state index in [4.69, 9.17) is 15.2 Å². The Morgan fingerprint density at radius 2 is 1.97 bits per heavy atom. The van der Waals surface area contributed by atoms with Gasteiger partial charge in [-0.3, -0.25) is 9.59 Å². The van der Waals surface area contributed by atoms with E-state index in [0.717, 1.165) is 25.7 Å². The molecule has 30 heavy (non-hydrogen) atoms. The predicted molar refractivity (Wildman–Crippen MR) is 109 cm³/mol. The van der Waals surface area contributed by atoms with Crippen molar-refractivity contribution in [2.24, 2.45) is 5.73 Å². The summed E-state index contributed by atoms with van der Waals surface area (Å²) < 4.78 is 12.9. The Balaban J connectivity index is 1.34. The van der Waals surface area contributed by atoms with Crippen molar-refractivity contribution in [3.8, 4) is 11.6 Å². The fraction of sp³-hybridized carbons (Fsp3) is 0.333. The van der Waals surface area contributed by atoms with Gasteiger partial charge in [-0.2, -0.15) is 0 Å². The molecule has 0 aromatic carbocycles. The summed E-state index contributed by atoms with van der Waals surface area (Å²) in [5.41, 5.74) is 6.69. The molecule has 0 bridgehead atoms. The average Bonchev–Trinajstić information content (AvgIpc) is 3.19. The number of imidazole rings is 1. The average molecular weight is 409 g/mol. The highest BCUT2D eigenvalue weighted by Crippen LogP contribution is 2.25. The van der Waals surface area contributed by atoms with E-state index in [2.05, 4.69) is 15.3 Å². The van der Waals surface area contributed by atoms with Gasteiger partial charge in [-0.1, -0.05) is 0 Å². The third-order valence-electron chi connectivity index (χ3n) is 5.22. The fourth-order valence-electron chi connectivity index (χ4n) is 3.62. The highest BCUT2D eigenvalue weighted by molar-refractivity contribution is 5.95. The fourth-order valence-corrected chi connectivity index (χ4v) is 3.62. The Labute approximate surface area is 173 Å². The van der Waals surface area contributed by atoms with E-state index in [-0.39, 0.29) is 29.5 Å². The number of nitrogens with zero attached hydrogens (tertiary/aromatic N) is 3. The van der Waals surface area contributed by atoms with Crippen LogP contribution in [0.2, 0.25) is 0 Å². The Hall–Kier alpha value is -3.62. The van der Waals surface area contributed by atoms with Crippen molar-refractivity contribution in [2.45, 2.75) is 37.8 Å². The van der Waals surface area contributed by atoms with Crippen LogP contribution < -0.4 is 20.5 Å². The molecule has 4 rings (SSSR count). The van der Waals surface area contributed by atoms with Gasteiger partial charge in [-0.05, 0) is 49.9 Å². The van der Waals surface area contributed by atoms with Gasteiger partial charge in [0.25, 0.3) is 11.8 Å². The van der Waals surface area contributed by atoms with Crippen LogP contribution in [0.4, 0.5) is 0 Å². The Kier molecular flexibility index (Phi) is 5.51. The standard InChI is InChI=1S/C21H23N5O4/c1-29-15-8-9-18-25-17(12-26(18)11-15)20(28)24-13-4-6-14(7-5-13)30-21-16(19(22)27)3-2-10-23-21/h2-3,8-14H,4-7H2,1H3,(H2,22,27)(H,24,28)/t13-,14-. The molecule has 0 atom stereocenters. The van der Waals surface area contributed by atoms with Gasteiger partial charge in [0.2, 0.25) is 5.88 Å². The van der Waals surface area contributed by atoms with Crippen LogP contribution in [0.25, 0.3) is 5.65 Å². The molecule has 0 unspecified atom stereocenters. The summed E-state index contributed by atoms with van der Waals surface area (Å²) in [4.78, 5) is 32.6. The maximum atomic E-state index is 12.6. The van der Waals surface area contributed by atoms with Gasteiger partial charge in [0.1, 0.15) is 28.8 Å². The second-order valence-corrected chi connectivity index (χ2v) is 7.25. The zero-order valence-electron chi connectivity index (χ0n) is 16.6. The van der Waals surface area contributed by atoms with Gasteiger partial charge in [0.15, 0.2) is 0 Å². The Bertz CT molecular complexity index is 1070. The molecule has 3 N–H and O–H groups in total. The third kappa shape index (κ3) is 4.19. The molecule has 0 spiro atoms. The van der Waals surface area contributed by atoms with E-state index in [1.54, 1.807) is 54.4 Å². The van der Waals surface area contributed by atoms with Gasteiger partial charge < -0.3 is 24.9 Å². The lowest BCUT2D eigenvalue weighted by Crippen LogP contribution is -2.40. The van der Waals surface area contributed by atoms with Crippen molar-refractivity contribution >= 4 is 17.5 Å². The number of aromatic nitrogens is 3. The molecule has 3 aromatic heterocycles. The van der Waals surface area contributed by atoms with E-state index in [1.807, 2.05) is 0 Å². The van der Waals surface area contributed by atoms with E-state index in [0.29, 0.717) is 17.1 Å². The number of ether oxygens (including phenoxy) is 2. The number of carbonyl (C=O) groups excluding carboxylic acids is 2. The minimum atomic E-state index is -0.566. The molecular formula is C21H23N5O4. The van der Waals surface area contributed by atoms with Crippen molar-refractivity contribution < 1.29 is 19.1 Å². The van der Waals surface area contributed by atoms with E-state index in [1.165, 1.54) is 0 Å². The zero-order chi connectivity index (χ0) is 21.1. The second kappa shape index (κ2) is 8.40. The summed E-state index contributed by atoms with van der Waals surface area (Å²) in [7, 11) is 1.59. The normalized spacial score (nSPS) is 18.7. The van der Waals surface area contributed by atoms with Crippen LogP contribution in [0.1, 0.15) is 46.5 Å². The molecule has 2 amide bonds. The van der Waals surface area contributed by atoms with Crippen molar-refractivity contribution in [1.29, 1.82) is 0 Å². The lowest BCUT2D eigenvalue weighted by molar-refractivity contribution is 0.0877. The van der Waals surface area contributed by atoms with Crippen LogP contribution >= 0.6 is 0 Å². The van der Waals surface area contributed by atoms with Crippen molar-refractivity contribution in [3.05, 3.63) is 54.1 Å². The number of carbonyl (C=O) groups is 2. The van der Waals surface area contributed by atoms with Crippen molar-refractivity contribution in [2.75, 3.05) is 7.11 Å².